The zero-order valence-corrected chi connectivity index (χ0v) is 15.3. The first kappa shape index (κ1) is 17.7. The van der Waals surface area contributed by atoms with Crippen molar-refractivity contribution in [3.63, 3.8) is 0 Å². The Kier molecular flexibility index (Phi) is 4.75. The van der Waals surface area contributed by atoms with Crippen LogP contribution in [0.25, 0.3) is 0 Å². The summed E-state index contributed by atoms with van der Waals surface area (Å²) in [5.41, 5.74) is 2.93. The molecule has 6 nitrogen and oxygen atoms in total. The van der Waals surface area contributed by atoms with Crippen LogP contribution in [0, 0.1) is 6.92 Å². The average Bonchev–Trinajstić information content (AvgIpc) is 2.99. The quantitative estimate of drug-likeness (QED) is 0.714. The van der Waals surface area contributed by atoms with Gasteiger partial charge in [0.25, 0.3) is 5.91 Å². The van der Waals surface area contributed by atoms with E-state index in [9.17, 15) is 4.79 Å². The average molecular weight is 350 g/mol. The third-order valence-electron chi connectivity index (χ3n) is 3.88. The summed E-state index contributed by atoms with van der Waals surface area (Å²) in [6.45, 7) is 8.16. The molecule has 134 valence electrons. The summed E-state index contributed by atoms with van der Waals surface area (Å²) in [4.78, 5) is 16.8. The van der Waals surface area contributed by atoms with E-state index in [1.54, 1.807) is 18.3 Å². The first-order valence-electron chi connectivity index (χ1n) is 8.39. The molecule has 0 bridgehead atoms. The molecule has 6 heteroatoms. The lowest BCUT2D eigenvalue weighted by molar-refractivity contribution is 0.102. The monoisotopic (exact) mass is 350 g/mol. The Morgan fingerprint density at radius 3 is 2.58 bits per heavy atom. The minimum Gasteiger partial charge on any atom is -0.360 e. The molecule has 0 unspecified atom stereocenters. The van der Waals surface area contributed by atoms with E-state index < -0.39 is 0 Å². The SMILES string of the molecule is Cc1cc(Nc2cncc(C(=O)Nc3ccccc3C(C)(C)C)c2)no1. The van der Waals surface area contributed by atoms with Crippen LogP contribution < -0.4 is 10.6 Å². The highest BCUT2D eigenvalue weighted by Gasteiger charge is 2.19. The second-order valence-electron chi connectivity index (χ2n) is 7.16. The number of rotatable bonds is 4. The number of amides is 1. The lowest BCUT2D eigenvalue weighted by atomic mass is 9.86. The van der Waals surface area contributed by atoms with E-state index in [-0.39, 0.29) is 11.3 Å². The van der Waals surface area contributed by atoms with Crippen molar-refractivity contribution in [1.29, 1.82) is 0 Å². The molecular weight excluding hydrogens is 328 g/mol. The molecule has 2 heterocycles. The lowest BCUT2D eigenvalue weighted by Crippen LogP contribution is -2.18. The summed E-state index contributed by atoms with van der Waals surface area (Å²) in [6.07, 6.45) is 3.16. The number of nitrogens with one attached hydrogen (secondary N) is 2. The van der Waals surface area contributed by atoms with Crippen LogP contribution in [0.1, 0.15) is 42.5 Å². The molecule has 0 atom stereocenters. The van der Waals surface area contributed by atoms with Crippen molar-refractivity contribution in [2.75, 3.05) is 10.6 Å². The number of benzene rings is 1. The van der Waals surface area contributed by atoms with Gasteiger partial charge < -0.3 is 15.2 Å². The Labute approximate surface area is 152 Å². The summed E-state index contributed by atoms with van der Waals surface area (Å²) in [7, 11) is 0. The van der Waals surface area contributed by atoms with Crippen molar-refractivity contribution in [2.45, 2.75) is 33.1 Å². The lowest BCUT2D eigenvalue weighted by Gasteiger charge is -2.23. The smallest absolute Gasteiger partial charge is 0.257 e. The van der Waals surface area contributed by atoms with E-state index in [1.165, 1.54) is 6.20 Å². The Bertz CT molecular complexity index is 925. The van der Waals surface area contributed by atoms with Crippen molar-refractivity contribution in [1.82, 2.24) is 10.1 Å². The predicted molar refractivity (Wildman–Crippen MR) is 102 cm³/mol. The molecule has 0 aliphatic heterocycles. The molecule has 0 spiro atoms. The second-order valence-corrected chi connectivity index (χ2v) is 7.16. The highest BCUT2D eigenvalue weighted by Crippen LogP contribution is 2.29. The fraction of sp³-hybridized carbons (Fsp3) is 0.250. The molecular formula is C20H22N4O2. The number of pyridine rings is 1. The maximum atomic E-state index is 12.7. The highest BCUT2D eigenvalue weighted by atomic mass is 16.5. The predicted octanol–water partition coefficient (Wildman–Crippen LogP) is 4.67. The minimum atomic E-state index is -0.214. The molecule has 2 aromatic heterocycles. The molecule has 0 aliphatic rings. The molecule has 0 saturated carbocycles. The summed E-state index contributed by atoms with van der Waals surface area (Å²) in [5.74, 6) is 1.06. The highest BCUT2D eigenvalue weighted by molar-refractivity contribution is 6.05. The summed E-state index contributed by atoms with van der Waals surface area (Å²) < 4.78 is 5.03. The topological polar surface area (TPSA) is 80.0 Å². The van der Waals surface area contributed by atoms with Crippen molar-refractivity contribution in [3.05, 3.63) is 65.7 Å². The molecule has 0 saturated heterocycles. The minimum absolute atomic E-state index is 0.0731. The van der Waals surface area contributed by atoms with Crippen LogP contribution in [0.15, 0.2) is 53.3 Å². The van der Waals surface area contributed by atoms with E-state index in [1.807, 2.05) is 31.2 Å². The fourth-order valence-corrected chi connectivity index (χ4v) is 2.65. The number of nitrogens with zero attached hydrogens (tertiary/aromatic N) is 2. The molecule has 0 aliphatic carbocycles. The zero-order valence-electron chi connectivity index (χ0n) is 15.3. The first-order chi connectivity index (χ1) is 12.3. The van der Waals surface area contributed by atoms with E-state index >= 15 is 0 Å². The van der Waals surface area contributed by atoms with Gasteiger partial charge in [0.05, 0.1) is 17.4 Å². The van der Waals surface area contributed by atoms with Gasteiger partial charge in [-0.3, -0.25) is 9.78 Å². The van der Waals surface area contributed by atoms with Crippen LogP contribution in [0.3, 0.4) is 0 Å². The number of carbonyl (C=O) groups excluding carboxylic acids is 1. The first-order valence-corrected chi connectivity index (χ1v) is 8.39. The number of hydrogen-bond acceptors (Lipinski definition) is 5. The fourth-order valence-electron chi connectivity index (χ4n) is 2.65. The normalized spacial score (nSPS) is 11.2. The van der Waals surface area contributed by atoms with Gasteiger partial charge in [-0.2, -0.15) is 0 Å². The molecule has 3 rings (SSSR count). The van der Waals surface area contributed by atoms with Gasteiger partial charge in [0.15, 0.2) is 5.82 Å². The van der Waals surface area contributed by atoms with Crippen molar-refractivity contribution >= 4 is 23.1 Å². The van der Waals surface area contributed by atoms with Gasteiger partial charge in [0, 0.05) is 18.0 Å². The third kappa shape index (κ3) is 4.08. The number of anilines is 3. The molecule has 2 N–H and O–H groups in total. The van der Waals surface area contributed by atoms with Gasteiger partial charge in [-0.25, -0.2) is 0 Å². The number of aromatic nitrogens is 2. The standard InChI is InChI=1S/C20H22N4O2/c1-13-9-18(24-26-13)22-15-10-14(11-21-12-15)19(25)23-17-8-6-5-7-16(17)20(2,3)4/h5-12H,1-4H3,(H,22,24)(H,23,25). The zero-order chi connectivity index (χ0) is 18.7. The van der Waals surface area contributed by atoms with Crippen LogP contribution in [0.5, 0.6) is 0 Å². The van der Waals surface area contributed by atoms with Crippen LogP contribution in [0.4, 0.5) is 17.2 Å². The van der Waals surface area contributed by atoms with Crippen molar-refractivity contribution in [3.8, 4) is 0 Å². The van der Waals surface area contributed by atoms with E-state index in [0.717, 1.165) is 11.3 Å². The maximum absolute atomic E-state index is 12.7. The van der Waals surface area contributed by atoms with Crippen molar-refractivity contribution in [2.24, 2.45) is 0 Å². The van der Waals surface area contributed by atoms with E-state index in [4.69, 9.17) is 4.52 Å². The Balaban J connectivity index is 1.80. The van der Waals surface area contributed by atoms with Gasteiger partial charge in [0.2, 0.25) is 0 Å². The Morgan fingerprint density at radius 1 is 1.12 bits per heavy atom. The summed E-state index contributed by atoms with van der Waals surface area (Å²) in [5, 5.41) is 9.94. The molecule has 0 fully saturated rings. The molecule has 0 radical (unpaired) electrons. The van der Waals surface area contributed by atoms with E-state index in [2.05, 4.69) is 41.5 Å². The van der Waals surface area contributed by atoms with Gasteiger partial charge in [-0.1, -0.05) is 44.1 Å². The number of carbonyl (C=O) groups is 1. The summed E-state index contributed by atoms with van der Waals surface area (Å²) >= 11 is 0. The van der Waals surface area contributed by atoms with Gasteiger partial charge >= 0.3 is 0 Å². The molecule has 1 amide bonds. The Morgan fingerprint density at radius 2 is 1.88 bits per heavy atom. The largest absolute Gasteiger partial charge is 0.360 e. The number of aryl methyl sites for hydroxylation is 1. The third-order valence-corrected chi connectivity index (χ3v) is 3.88. The maximum Gasteiger partial charge on any atom is 0.257 e. The van der Waals surface area contributed by atoms with Crippen LogP contribution in [0.2, 0.25) is 0 Å². The van der Waals surface area contributed by atoms with Gasteiger partial charge in [-0.15, -0.1) is 0 Å². The number of para-hydroxylation sites is 1. The Hall–Kier alpha value is -3.15. The molecule has 3 aromatic rings. The molecule has 1 aromatic carbocycles. The van der Waals surface area contributed by atoms with Crippen LogP contribution in [-0.4, -0.2) is 16.0 Å². The van der Waals surface area contributed by atoms with E-state index in [0.29, 0.717) is 22.8 Å². The van der Waals surface area contributed by atoms with Gasteiger partial charge in [0.1, 0.15) is 5.76 Å². The van der Waals surface area contributed by atoms with Crippen LogP contribution >= 0.6 is 0 Å². The summed E-state index contributed by atoms with van der Waals surface area (Å²) in [6, 6.07) is 11.3. The van der Waals surface area contributed by atoms with Gasteiger partial charge in [-0.05, 0) is 30.0 Å². The second kappa shape index (κ2) is 7.00. The number of hydrogen-bond donors (Lipinski definition) is 2. The molecule has 26 heavy (non-hydrogen) atoms. The van der Waals surface area contributed by atoms with Crippen molar-refractivity contribution < 1.29 is 9.32 Å². The van der Waals surface area contributed by atoms with Crippen LogP contribution in [-0.2, 0) is 5.41 Å².